The average Bonchev–Trinajstić information content (AvgIpc) is 1.84. The van der Waals surface area contributed by atoms with Crippen LogP contribution in [-0.4, -0.2) is 11.8 Å². The van der Waals surface area contributed by atoms with Crippen LogP contribution in [0.2, 0.25) is 0 Å². The third-order valence-electron chi connectivity index (χ3n) is 0.656. The van der Waals surface area contributed by atoms with E-state index in [4.69, 9.17) is 0 Å². The molecule has 0 amide bonds. The fraction of sp³-hybridized carbons (Fsp3) is 0.500. The van der Waals surface area contributed by atoms with Crippen molar-refractivity contribution < 1.29 is 15.9 Å². The molecule has 0 atom stereocenters. The molecule has 0 spiro atoms. The fourth-order valence-electron chi connectivity index (χ4n) is 0.210. The Hall–Kier alpha value is -0.900. The Morgan fingerprint density at radius 3 is 2.38 bits per heavy atom. The number of rotatable bonds is 2. The Balaban J connectivity index is 0. The van der Waals surface area contributed by atoms with Crippen LogP contribution >= 0.6 is 0 Å². The van der Waals surface area contributed by atoms with Crippen molar-refractivity contribution in [2.24, 2.45) is 5.90 Å². The minimum Gasteiger partial charge on any atom is -0.367 e. The summed E-state index contributed by atoms with van der Waals surface area (Å²) in [5.41, 5.74) is 0. The van der Waals surface area contributed by atoms with Gasteiger partial charge in [-0.2, -0.15) is 5.90 Å². The quantitative estimate of drug-likeness (QED) is 0.392. The molecule has 0 saturated carbocycles. The smallest absolute Gasteiger partial charge is 0.367 e. The summed E-state index contributed by atoms with van der Waals surface area (Å²) in [6.07, 6.45) is 0.135. The lowest BCUT2D eigenvalue weighted by molar-refractivity contribution is -0.154. The molecule has 4 nitrogen and oxygen atoms in total. The Kier molecular flexibility index (Phi) is 2.79. The molecule has 46 valence electrons. The van der Waals surface area contributed by atoms with Crippen LogP contribution in [0.1, 0.15) is 14.8 Å². The SMILES string of the molecule is CCC(=O)C(=O)ON.[H+]. The van der Waals surface area contributed by atoms with Crippen molar-refractivity contribution in [1.29, 1.82) is 0 Å². The van der Waals surface area contributed by atoms with E-state index in [0.717, 1.165) is 0 Å². The Morgan fingerprint density at radius 1 is 1.75 bits per heavy atom. The molecule has 0 aromatic rings. The van der Waals surface area contributed by atoms with Crippen LogP contribution in [0.15, 0.2) is 0 Å². The molecule has 2 N–H and O–H groups in total. The van der Waals surface area contributed by atoms with Gasteiger partial charge in [0, 0.05) is 6.42 Å². The number of hydrogen-bond acceptors (Lipinski definition) is 4. The number of carbonyl (C=O) groups excluding carboxylic acids is 2. The average molecular weight is 118 g/mol. The van der Waals surface area contributed by atoms with Crippen molar-refractivity contribution >= 4 is 11.8 Å². The molecule has 0 rings (SSSR count). The summed E-state index contributed by atoms with van der Waals surface area (Å²) in [4.78, 5) is 23.8. The van der Waals surface area contributed by atoms with Gasteiger partial charge < -0.3 is 4.84 Å². The summed E-state index contributed by atoms with van der Waals surface area (Å²) < 4.78 is 0. The largest absolute Gasteiger partial charge is 1.00 e. The van der Waals surface area contributed by atoms with E-state index in [9.17, 15) is 9.59 Å². The van der Waals surface area contributed by atoms with E-state index in [0.29, 0.717) is 0 Å². The molecule has 0 bridgehead atoms. The standard InChI is InChI=1S/C4H7NO3/c1-2-3(6)4(7)8-5/h2,5H2,1H3/p+1. The zero-order valence-corrected chi connectivity index (χ0v) is 4.51. The number of nitrogens with two attached hydrogens (primary N) is 1. The molecular formula is C4H8NO3+. The molecule has 0 aromatic carbocycles. The van der Waals surface area contributed by atoms with E-state index < -0.39 is 11.8 Å². The molecule has 0 saturated heterocycles. The first kappa shape index (κ1) is 7.10. The Bertz CT molecular complexity index is 100. The maximum Gasteiger partial charge on any atom is 1.00 e. The van der Waals surface area contributed by atoms with Gasteiger partial charge in [-0.15, -0.1) is 0 Å². The van der Waals surface area contributed by atoms with E-state index in [1.807, 2.05) is 0 Å². The zero-order valence-electron chi connectivity index (χ0n) is 5.51. The number of ketones is 1. The van der Waals surface area contributed by atoms with Crippen molar-refractivity contribution in [1.82, 2.24) is 0 Å². The minimum atomic E-state index is -0.979. The lowest BCUT2D eigenvalue weighted by Crippen LogP contribution is -2.19. The van der Waals surface area contributed by atoms with E-state index in [1.54, 1.807) is 6.92 Å². The van der Waals surface area contributed by atoms with E-state index in [-0.39, 0.29) is 7.85 Å². The number of Topliss-reactive ketones (excluding diaryl/α,β-unsaturated/α-hetero) is 1. The normalized spacial score (nSPS) is 8.25. The first-order valence-electron chi connectivity index (χ1n) is 2.16. The molecule has 4 heteroatoms. The maximum atomic E-state index is 10.2. The van der Waals surface area contributed by atoms with Gasteiger partial charge in [0.05, 0.1) is 0 Å². The molecular weight excluding hydrogens is 110 g/mol. The van der Waals surface area contributed by atoms with Gasteiger partial charge in [0.25, 0.3) is 0 Å². The van der Waals surface area contributed by atoms with Crippen LogP contribution in [0, 0.1) is 0 Å². The van der Waals surface area contributed by atoms with Crippen molar-refractivity contribution in [2.75, 3.05) is 0 Å². The molecule has 0 aromatic heterocycles. The maximum absolute atomic E-state index is 10.2. The second-order valence-electron chi connectivity index (χ2n) is 1.18. The van der Waals surface area contributed by atoms with Crippen LogP contribution in [0.3, 0.4) is 0 Å². The Morgan fingerprint density at radius 2 is 2.25 bits per heavy atom. The van der Waals surface area contributed by atoms with Crippen LogP contribution in [0.25, 0.3) is 0 Å². The fourth-order valence-corrected chi connectivity index (χ4v) is 0.210. The van der Waals surface area contributed by atoms with Crippen molar-refractivity contribution in [3.8, 4) is 0 Å². The third-order valence-corrected chi connectivity index (χ3v) is 0.656. The summed E-state index contributed by atoms with van der Waals surface area (Å²) in [6.45, 7) is 1.55. The van der Waals surface area contributed by atoms with Gasteiger partial charge in [-0.25, -0.2) is 4.79 Å². The predicted molar refractivity (Wildman–Crippen MR) is 26.7 cm³/mol. The molecule has 0 fully saturated rings. The lowest BCUT2D eigenvalue weighted by atomic mass is 10.3. The van der Waals surface area contributed by atoms with Gasteiger partial charge in [-0.3, -0.25) is 4.79 Å². The van der Waals surface area contributed by atoms with Crippen LogP contribution in [-0.2, 0) is 14.4 Å². The minimum absolute atomic E-state index is 0. The summed E-state index contributed by atoms with van der Waals surface area (Å²) >= 11 is 0. The lowest BCUT2D eigenvalue weighted by Gasteiger charge is -1.89. The molecule has 0 heterocycles. The summed E-state index contributed by atoms with van der Waals surface area (Å²) in [5, 5.41) is 0. The van der Waals surface area contributed by atoms with Crippen LogP contribution in [0.5, 0.6) is 0 Å². The molecule has 8 heavy (non-hydrogen) atoms. The summed E-state index contributed by atoms with van der Waals surface area (Å²) in [6, 6.07) is 0. The monoisotopic (exact) mass is 118 g/mol. The van der Waals surface area contributed by atoms with E-state index in [2.05, 4.69) is 10.7 Å². The topological polar surface area (TPSA) is 69.4 Å². The van der Waals surface area contributed by atoms with Crippen molar-refractivity contribution in [2.45, 2.75) is 13.3 Å². The molecule has 0 aliphatic heterocycles. The molecule has 0 aliphatic rings. The first-order chi connectivity index (χ1) is 3.72. The molecule has 0 radical (unpaired) electrons. The molecule has 0 aliphatic carbocycles. The highest BCUT2D eigenvalue weighted by molar-refractivity contribution is 6.33. The first-order valence-corrected chi connectivity index (χ1v) is 2.16. The number of carbonyl (C=O) groups is 2. The Labute approximate surface area is 48.0 Å². The van der Waals surface area contributed by atoms with Gasteiger partial charge in [-0.1, -0.05) is 6.92 Å². The summed E-state index contributed by atoms with van der Waals surface area (Å²) in [7, 11) is 0. The van der Waals surface area contributed by atoms with Crippen LogP contribution < -0.4 is 5.90 Å². The van der Waals surface area contributed by atoms with E-state index >= 15 is 0 Å². The summed E-state index contributed by atoms with van der Waals surface area (Å²) in [5.74, 6) is 2.79. The van der Waals surface area contributed by atoms with Crippen molar-refractivity contribution in [3.05, 3.63) is 0 Å². The number of hydrogen-bond donors (Lipinski definition) is 1. The predicted octanol–water partition coefficient (Wildman–Crippen LogP) is -0.505. The molecule has 0 unspecified atom stereocenters. The van der Waals surface area contributed by atoms with Gasteiger partial charge >= 0.3 is 7.40 Å². The van der Waals surface area contributed by atoms with Gasteiger partial charge in [-0.05, 0) is 0 Å². The van der Waals surface area contributed by atoms with Gasteiger partial charge in [0.15, 0.2) is 0 Å². The highest BCUT2D eigenvalue weighted by atomic mass is 16.7. The van der Waals surface area contributed by atoms with E-state index in [1.165, 1.54) is 0 Å². The van der Waals surface area contributed by atoms with Gasteiger partial charge in [0.2, 0.25) is 5.78 Å². The third kappa shape index (κ3) is 1.70. The second-order valence-corrected chi connectivity index (χ2v) is 1.18. The zero-order chi connectivity index (χ0) is 6.57. The van der Waals surface area contributed by atoms with Gasteiger partial charge in [0.1, 0.15) is 0 Å². The van der Waals surface area contributed by atoms with Crippen LogP contribution in [0.4, 0.5) is 0 Å². The highest BCUT2D eigenvalue weighted by Crippen LogP contribution is 1.80. The second kappa shape index (κ2) is 3.15. The van der Waals surface area contributed by atoms with Crippen molar-refractivity contribution in [3.63, 3.8) is 0 Å². The highest BCUT2D eigenvalue weighted by Gasteiger charge is 2.09.